The van der Waals surface area contributed by atoms with Crippen LogP contribution in [0.15, 0.2) is 60.9 Å². The number of pyridine rings is 1. The van der Waals surface area contributed by atoms with Crippen LogP contribution >= 0.6 is 0 Å². The highest BCUT2D eigenvalue weighted by atomic mass is 16.4. The SMILES string of the molecule is C[C@@]1(C(=O)Nc2ccc3cnccc3c2)C[C@H]1c1ccc(C(=O)O)cc1. The van der Waals surface area contributed by atoms with Gasteiger partial charge >= 0.3 is 5.97 Å². The zero-order chi connectivity index (χ0) is 18.3. The number of aromatic nitrogens is 1. The predicted molar refractivity (Wildman–Crippen MR) is 99.2 cm³/mol. The second kappa shape index (κ2) is 5.95. The molecule has 3 aromatic rings. The molecule has 5 nitrogen and oxygen atoms in total. The van der Waals surface area contributed by atoms with Gasteiger partial charge in [0.15, 0.2) is 0 Å². The van der Waals surface area contributed by atoms with Crippen molar-refractivity contribution < 1.29 is 14.7 Å². The molecule has 2 atom stereocenters. The maximum atomic E-state index is 12.8. The molecule has 130 valence electrons. The van der Waals surface area contributed by atoms with Crippen LogP contribution in [0, 0.1) is 5.41 Å². The van der Waals surface area contributed by atoms with Crippen molar-refractivity contribution in [3.8, 4) is 0 Å². The molecule has 0 aliphatic heterocycles. The van der Waals surface area contributed by atoms with E-state index in [1.165, 1.54) is 0 Å². The number of anilines is 1. The van der Waals surface area contributed by atoms with Crippen LogP contribution in [0.3, 0.4) is 0 Å². The first-order valence-corrected chi connectivity index (χ1v) is 8.46. The second-order valence-corrected chi connectivity index (χ2v) is 6.99. The van der Waals surface area contributed by atoms with Crippen molar-refractivity contribution >= 4 is 28.3 Å². The maximum absolute atomic E-state index is 12.8. The summed E-state index contributed by atoms with van der Waals surface area (Å²) >= 11 is 0. The highest BCUT2D eigenvalue weighted by molar-refractivity contribution is 6.00. The van der Waals surface area contributed by atoms with Gasteiger partial charge in [-0.05, 0) is 53.6 Å². The number of hydrogen-bond donors (Lipinski definition) is 2. The van der Waals surface area contributed by atoms with E-state index in [0.29, 0.717) is 0 Å². The summed E-state index contributed by atoms with van der Waals surface area (Å²) in [4.78, 5) is 27.8. The number of carbonyl (C=O) groups is 2. The van der Waals surface area contributed by atoms with Gasteiger partial charge in [-0.1, -0.05) is 25.1 Å². The first-order valence-electron chi connectivity index (χ1n) is 8.46. The first-order chi connectivity index (χ1) is 12.5. The maximum Gasteiger partial charge on any atom is 0.335 e. The van der Waals surface area contributed by atoms with E-state index in [1.54, 1.807) is 36.7 Å². The number of carboxylic acid groups (broad SMARTS) is 1. The highest BCUT2D eigenvalue weighted by Crippen LogP contribution is 2.59. The summed E-state index contributed by atoms with van der Waals surface area (Å²) in [6.45, 7) is 1.95. The molecule has 1 heterocycles. The molecule has 4 rings (SSSR count). The lowest BCUT2D eigenvalue weighted by molar-refractivity contribution is -0.120. The molecule has 1 fully saturated rings. The van der Waals surface area contributed by atoms with Crippen molar-refractivity contribution in [2.24, 2.45) is 5.41 Å². The van der Waals surface area contributed by atoms with Crippen LogP contribution < -0.4 is 5.32 Å². The number of nitrogens with one attached hydrogen (secondary N) is 1. The average Bonchev–Trinajstić information content (AvgIpc) is 3.35. The molecule has 2 N–H and O–H groups in total. The summed E-state index contributed by atoms with van der Waals surface area (Å²) < 4.78 is 0. The zero-order valence-corrected chi connectivity index (χ0v) is 14.3. The van der Waals surface area contributed by atoms with Crippen molar-refractivity contribution in [1.29, 1.82) is 0 Å². The number of nitrogens with zero attached hydrogens (tertiary/aromatic N) is 1. The molecule has 26 heavy (non-hydrogen) atoms. The summed E-state index contributed by atoms with van der Waals surface area (Å²) in [5, 5.41) is 14.1. The predicted octanol–water partition coefficient (Wildman–Crippen LogP) is 4.07. The van der Waals surface area contributed by atoms with Gasteiger partial charge in [-0.2, -0.15) is 0 Å². The standard InChI is InChI=1S/C21H18N2O3/c1-21(11-18(21)13-2-4-14(5-3-13)19(24)25)20(26)23-17-7-6-16-12-22-9-8-15(16)10-17/h2-10,12,18H,11H2,1H3,(H,23,26)(H,24,25)/t18-,21+/m0/s1. The first kappa shape index (κ1) is 16.3. The summed E-state index contributed by atoms with van der Waals surface area (Å²) in [5.41, 5.74) is 1.54. The molecule has 1 amide bonds. The third kappa shape index (κ3) is 2.81. The summed E-state index contributed by atoms with van der Waals surface area (Å²) in [6, 6.07) is 14.5. The van der Waals surface area contributed by atoms with Gasteiger partial charge < -0.3 is 10.4 Å². The Kier molecular flexibility index (Phi) is 3.72. The molecule has 1 aromatic heterocycles. The quantitative estimate of drug-likeness (QED) is 0.746. The third-order valence-corrected chi connectivity index (χ3v) is 5.21. The fraction of sp³-hybridized carbons (Fsp3) is 0.190. The van der Waals surface area contributed by atoms with E-state index in [1.807, 2.05) is 31.2 Å². The molecule has 1 saturated carbocycles. The van der Waals surface area contributed by atoms with Crippen molar-refractivity contribution in [2.75, 3.05) is 5.32 Å². The number of amides is 1. The molecule has 0 bridgehead atoms. The molecule has 0 spiro atoms. The van der Waals surface area contributed by atoms with Gasteiger partial charge in [0.25, 0.3) is 0 Å². The lowest BCUT2D eigenvalue weighted by Crippen LogP contribution is -2.23. The Morgan fingerprint density at radius 1 is 1.12 bits per heavy atom. The van der Waals surface area contributed by atoms with E-state index in [2.05, 4.69) is 10.3 Å². The number of rotatable bonds is 4. The Labute approximate surface area is 150 Å². The Morgan fingerprint density at radius 3 is 2.62 bits per heavy atom. The van der Waals surface area contributed by atoms with Gasteiger partial charge in [-0.3, -0.25) is 9.78 Å². The van der Waals surface area contributed by atoms with Crippen LogP contribution in [0.25, 0.3) is 10.8 Å². The Bertz CT molecular complexity index is 1010. The Hall–Kier alpha value is -3.21. The van der Waals surface area contributed by atoms with Gasteiger partial charge in [0.2, 0.25) is 5.91 Å². The normalized spacial score (nSPS) is 21.3. The van der Waals surface area contributed by atoms with Crippen LogP contribution in [0.4, 0.5) is 5.69 Å². The van der Waals surface area contributed by atoms with E-state index in [0.717, 1.165) is 28.4 Å². The molecular formula is C21H18N2O3. The van der Waals surface area contributed by atoms with Crippen LogP contribution in [-0.2, 0) is 4.79 Å². The third-order valence-electron chi connectivity index (χ3n) is 5.21. The van der Waals surface area contributed by atoms with E-state index >= 15 is 0 Å². The largest absolute Gasteiger partial charge is 0.478 e. The van der Waals surface area contributed by atoms with Crippen molar-refractivity contribution in [2.45, 2.75) is 19.3 Å². The number of carboxylic acids is 1. The second-order valence-electron chi connectivity index (χ2n) is 6.99. The molecular weight excluding hydrogens is 328 g/mol. The molecule has 1 aliphatic carbocycles. The fourth-order valence-corrected chi connectivity index (χ4v) is 3.39. The summed E-state index contributed by atoms with van der Waals surface area (Å²) in [7, 11) is 0. The van der Waals surface area contributed by atoms with E-state index in [4.69, 9.17) is 5.11 Å². The lowest BCUT2D eigenvalue weighted by atomic mass is 9.99. The molecule has 0 radical (unpaired) electrons. The van der Waals surface area contributed by atoms with Crippen molar-refractivity contribution in [1.82, 2.24) is 4.98 Å². The minimum Gasteiger partial charge on any atom is -0.478 e. The molecule has 0 saturated heterocycles. The molecule has 1 aliphatic rings. The van der Waals surface area contributed by atoms with Gasteiger partial charge in [-0.25, -0.2) is 4.79 Å². The minimum absolute atomic E-state index is 0.0155. The average molecular weight is 346 g/mol. The van der Waals surface area contributed by atoms with Crippen molar-refractivity contribution in [3.05, 3.63) is 72.1 Å². The van der Waals surface area contributed by atoms with Gasteiger partial charge in [0.1, 0.15) is 0 Å². The van der Waals surface area contributed by atoms with Gasteiger partial charge in [0.05, 0.1) is 11.0 Å². The van der Waals surface area contributed by atoms with Gasteiger partial charge in [-0.15, -0.1) is 0 Å². The van der Waals surface area contributed by atoms with Crippen LogP contribution in [0.1, 0.15) is 35.2 Å². The Balaban J connectivity index is 1.50. The molecule has 2 aromatic carbocycles. The van der Waals surface area contributed by atoms with Gasteiger partial charge in [0, 0.05) is 23.5 Å². The highest BCUT2D eigenvalue weighted by Gasteiger charge is 2.56. The monoisotopic (exact) mass is 346 g/mol. The number of fused-ring (bicyclic) bond motifs is 1. The van der Waals surface area contributed by atoms with Crippen LogP contribution in [0.5, 0.6) is 0 Å². The van der Waals surface area contributed by atoms with E-state index in [-0.39, 0.29) is 17.4 Å². The molecule has 0 unspecified atom stereocenters. The molecule has 5 heteroatoms. The zero-order valence-electron chi connectivity index (χ0n) is 14.3. The topological polar surface area (TPSA) is 79.3 Å². The van der Waals surface area contributed by atoms with E-state index in [9.17, 15) is 9.59 Å². The number of hydrogen-bond acceptors (Lipinski definition) is 3. The van der Waals surface area contributed by atoms with Crippen molar-refractivity contribution in [3.63, 3.8) is 0 Å². The number of carbonyl (C=O) groups excluding carboxylic acids is 1. The van der Waals surface area contributed by atoms with Crippen LogP contribution in [-0.4, -0.2) is 22.0 Å². The fourth-order valence-electron chi connectivity index (χ4n) is 3.39. The summed E-state index contributed by atoms with van der Waals surface area (Å²) in [5.74, 6) is -0.854. The number of benzene rings is 2. The summed E-state index contributed by atoms with van der Waals surface area (Å²) in [6.07, 6.45) is 4.27. The Morgan fingerprint density at radius 2 is 1.88 bits per heavy atom. The lowest BCUT2D eigenvalue weighted by Gasteiger charge is -2.13. The van der Waals surface area contributed by atoms with E-state index < -0.39 is 11.4 Å². The smallest absolute Gasteiger partial charge is 0.335 e. The van der Waals surface area contributed by atoms with Crippen LogP contribution in [0.2, 0.25) is 0 Å². The minimum atomic E-state index is -0.945. The number of aromatic carboxylic acids is 1.